The molecule has 0 aliphatic carbocycles. The third kappa shape index (κ3) is 4.43. The van der Waals surface area contributed by atoms with Gasteiger partial charge >= 0.3 is 18.3 Å². The number of likely N-dealkylation sites (tertiary alicyclic amines) is 1. The van der Waals surface area contributed by atoms with Crippen molar-refractivity contribution >= 4 is 0 Å². The average molecular weight is 423 g/mol. The van der Waals surface area contributed by atoms with Crippen LogP contribution in [0.3, 0.4) is 0 Å². The summed E-state index contributed by atoms with van der Waals surface area (Å²) in [5.41, 5.74) is 0. The molecule has 2 nitrogen and oxygen atoms in total. The van der Waals surface area contributed by atoms with Gasteiger partial charge in [0.05, 0.1) is 0 Å². The van der Waals surface area contributed by atoms with Crippen LogP contribution in [0.2, 0.25) is 0 Å². The van der Waals surface area contributed by atoms with E-state index >= 15 is 0 Å². The summed E-state index contributed by atoms with van der Waals surface area (Å²) in [7, 11) is 0. The number of nitrogens with zero attached hydrogens (tertiary/aromatic N) is 1. The Morgan fingerprint density at radius 2 is 1.15 bits per heavy atom. The normalized spacial score (nSPS) is 28.6. The van der Waals surface area contributed by atoms with Crippen molar-refractivity contribution in [3.05, 3.63) is 0 Å². The standard InChI is InChI=1S/C14H16F11NO/c15-9(13(20,21)22)11(16,17)7-3-4-8(27-7)12(18,19)10(14(23,24)25)26-5-1-2-6-26/h7-10H,1-6H2. The maximum atomic E-state index is 14.5. The molecular weight excluding hydrogens is 407 g/mol. The van der Waals surface area contributed by atoms with Crippen molar-refractivity contribution < 1.29 is 53.0 Å². The summed E-state index contributed by atoms with van der Waals surface area (Å²) >= 11 is 0. The van der Waals surface area contributed by atoms with Crippen molar-refractivity contribution in [2.24, 2.45) is 0 Å². The molecule has 0 amide bonds. The highest BCUT2D eigenvalue weighted by Crippen LogP contribution is 2.48. The van der Waals surface area contributed by atoms with Gasteiger partial charge in [-0.2, -0.15) is 26.3 Å². The van der Waals surface area contributed by atoms with Gasteiger partial charge < -0.3 is 4.74 Å². The molecule has 2 aliphatic rings. The monoisotopic (exact) mass is 423 g/mol. The number of alkyl halides is 11. The minimum absolute atomic E-state index is 0.226. The molecule has 2 aliphatic heterocycles. The molecule has 27 heavy (non-hydrogen) atoms. The number of halogens is 11. The lowest BCUT2D eigenvalue weighted by Crippen LogP contribution is -2.60. The van der Waals surface area contributed by atoms with Crippen molar-refractivity contribution in [1.82, 2.24) is 4.90 Å². The Balaban J connectivity index is 2.20. The molecule has 0 N–H and O–H groups in total. The predicted molar refractivity (Wildman–Crippen MR) is 69.4 cm³/mol. The first-order chi connectivity index (χ1) is 12.1. The maximum Gasteiger partial charge on any atom is 0.425 e. The van der Waals surface area contributed by atoms with E-state index in [-0.39, 0.29) is 25.9 Å². The largest absolute Gasteiger partial charge is 0.425 e. The molecular formula is C14H16F11NO. The number of ether oxygens (including phenoxy) is 1. The lowest BCUT2D eigenvalue weighted by molar-refractivity contribution is -0.293. The SMILES string of the molecule is FC(C(F)(F)F)C(F)(F)C1CCC(C(F)(F)C(N2CCCC2)C(F)(F)F)O1. The molecule has 2 fully saturated rings. The predicted octanol–water partition coefficient (Wildman–Crippen LogP) is 4.73. The molecule has 0 aromatic carbocycles. The minimum atomic E-state index is -5.97. The van der Waals surface area contributed by atoms with E-state index in [2.05, 4.69) is 4.74 Å². The van der Waals surface area contributed by atoms with E-state index < -0.39 is 61.5 Å². The molecule has 160 valence electrons. The molecule has 2 saturated heterocycles. The number of hydrogen-bond donors (Lipinski definition) is 0. The molecule has 2 heterocycles. The summed E-state index contributed by atoms with van der Waals surface area (Å²) in [6.45, 7) is -0.598. The second kappa shape index (κ2) is 7.20. The molecule has 4 unspecified atom stereocenters. The molecule has 0 spiro atoms. The molecule has 0 radical (unpaired) electrons. The second-order valence-electron chi connectivity index (χ2n) is 6.63. The Kier molecular flexibility index (Phi) is 5.98. The lowest BCUT2D eigenvalue weighted by atomic mass is 9.98. The van der Waals surface area contributed by atoms with Gasteiger partial charge in [-0.05, 0) is 38.8 Å². The van der Waals surface area contributed by atoms with Crippen LogP contribution in [0.25, 0.3) is 0 Å². The van der Waals surface area contributed by atoms with Crippen LogP contribution >= 0.6 is 0 Å². The van der Waals surface area contributed by atoms with E-state index in [9.17, 15) is 48.3 Å². The summed E-state index contributed by atoms with van der Waals surface area (Å²) in [5.74, 6) is -9.90. The van der Waals surface area contributed by atoms with Crippen LogP contribution in [0.1, 0.15) is 25.7 Å². The Hall–Kier alpha value is -0.850. The van der Waals surface area contributed by atoms with E-state index in [1.807, 2.05) is 0 Å². The molecule has 4 atom stereocenters. The van der Waals surface area contributed by atoms with Crippen molar-refractivity contribution in [2.45, 2.75) is 74.3 Å². The average Bonchev–Trinajstić information content (AvgIpc) is 3.15. The first kappa shape index (κ1) is 22.4. The number of rotatable bonds is 5. The van der Waals surface area contributed by atoms with Crippen LogP contribution in [-0.2, 0) is 4.74 Å². The fourth-order valence-electron chi connectivity index (χ4n) is 3.43. The highest BCUT2D eigenvalue weighted by atomic mass is 19.4. The van der Waals surface area contributed by atoms with Gasteiger partial charge in [-0.1, -0.05) is 0 Å². The number of hydrogen-bond acceptors (Lipinski definition) is 2. The van der Waals surface area contributed by atoms with Gasteiger partial charge in [0.1, 0.15) is 12.2 Å². The fourth-order valence-corrected chi connectivity index (χ4v) is 3.43. The van der Waals surface area contributed by atoms with Gasteiger partial charge in [-0.15, -0.1) is 0 Å². The van der Waals surface area contributed by atoms with E-state index in [4.69, 9.17) is 0 Å². The summed E-state index contributed by atoms with van der Waals surface area (Å²) in [6, 6.07) is -3.33. The van der Waals surface area contributed by atoms with E-state index in [0.717, 1.165) is 0 Å². The highest BCUT2D eigenvalue weighted by molar-refractivity contribution is 5.02. The fraction of sp³-hybridized carbons (Fsp3) is 1.00. The maximum absolute atomic E-state index is 14.5. The van der Waals surface area contributed by atoms with Crippen LogP contribution in [0.15, 0.2) is 0 Å². The van der Waals surface area contributed by atoms with Gasteiger partial charge in [0.15, 0.2) is 6.04 Å². The Labute approximate surface area is 146 Å². The topological polar surface area (TPSA) is 12.5 Å². The third-order valence-corrected chi connectivity index (χ3v) is 4.68. The molecule has 0 bridgehead atoms. The van der Waals surface area contributed by atoms with Crippen molar-refractivity contribution in [3.8, 4) is 0 Å². The van der Waals surface area contributed by atoms with E-state index in [0.29, 0.717) is 4.90 Å². The first-order valence-electron chi connectivity index (χ1n) is 8.02. The van der Waals surface area contributed by atoms with E-state index in [1.165, 1.54) is 0 Å². The zero-order valence-electron chi connectivity index (χ0n) is 13.6. The quantitative estimate of drug-likeness (QED) is 0.593. The van der Waals surface area contributed by atoms with Crippen molar-refractivity contribution in [2.75, 3.05) is 13.1 Å². The van der Waals surface area contributed by atoms with Crippen molar-refractivity contribution in [3.63, 3.8) is 0 Å². The van der Waals surface area contributed by atoms with Crippen LogP contribution in [-0.4, -0.2) is 66.6 Å². The Bertz CT molecular complexity index is 512. The van der Waals surface area contributed by atoms with Crippen LogP contribution in [0.4, 0.5) is 48.3 Å². The zero-order chi connectivity index (χ0) is 20.8. The smallest absolute Gasteiger partial charge is 0.362 e. The molecule has 0 aromatic rings. The molecule has 0 saturated carbocycles. The van der Waals surface area contributed by atoms with Gasteiger partial charge in [0.2, 0.25) is 0 Å². The highest BCUT2D eigenvalue weighted by Gasteiger charge is 2.67. The first-order valence-corrected chi connectivity index (χ1v) is 8.02. The van der Waals surface area contributed by atoms with Gasteiger partial charge in [-0.25, -0.2) is 22.0 Å². The lowest BCUT2D eigenvalue weighted by Gasteiger charge is -2.38. The third-order valence-electron chi connectivity index (χ3n) is 4.68. The zero-order valence-corrected chi connectivity index (χ0v) is 13.6. The minimum Gasteiger partial charge on any atom is -0.362 e. The van der Waals surface area contributed by atoms with Gasteiger partial charge in [-0.3, -0.25) is 4.90 Å². The van der Waals surface area contributed by atoms with Crippen LogP contribution in [0, 0.1) is 0 Å². The molecule has 13 heteroatoms. The second-order valence-corrected chi connectivity index (χ2v) is 6.63. The van der Waals surface area contributed by atoms with E-state index in [1.54, 1.807) is 0 Å². The summed E-state index contributed by atoms with van der Waals surface area (Å²) < 4.78 is 150. The molecule has 0 aromatic heterocycles. The van der Waals surface area contributed by atoms with Crippen LogP contribution in [0.5, 0.6) is 0 Å². The summed E-state index contributed by atoms with van der Waals surface area (Å²) in [6.07, 6.45) is -23.4. The van der Waals surface area contributed by atoms with Crippen LogP contribution < -0.4 is 0 Å². The van der Waals surface area contributed by atoms with Crippen molar-refractivity contribution in [1.29, 1.82) is 0 Å². The van der Waals surface area contributed by atoms with Gasteiger partial charge in [0.25, 0.3) is 12.1 Å². The Morgan fingerprint density at radius 1 is 0.704 bits per heavy atom. The summed E-state index contributed by atoms with van der Waals surface area (Å²) in [4.78, 5) is 0.447. The Morgan fingerprint density at radius 3 is 1.56 bits per heavy atom. The van der Waals surface area contributed by atoms with Gasteiger partial charge in [0, 0.05) is 0 Å². The molecule has 2 rings (SSSR count). The summed E-state index contributed by atoms with van der Waals surface area (Å²) in [5, 5.41) is 0.